The molecule has 3 unspecified atom stereocenters. The normalized spacial score (nSPS) is 25.3. The van der Waals surface area contributed by atoms with E-state index in [-0.39, 0.29) is 11.1 Å². The molecule has 4 heteroatoms. The Hall–Kier alpha value is -0.310. The minimum absolute atomic E-state index is 0.0405. The second-order valence-electron chi connectivity index (χ2n) is 5.51. The van der Waals surface area contributed by atoms with Gasteiger partial charge in [-0.3, -0.25) is 0 Å². The van der Waals surface area contributed by atoms with Crippen LogP contribution in [0.4, 0.5) is 4.39 Å². The van der Waals surface area contributed by atoms with E-state index in [1.165, 1.54) is 25.3 Å². The lowest BCUT2D eigenvalue weighted by molar-refractivity contribution is 0.263. The quantitative estimate of drug-likeness (QED) is 0.741. The van der Waals surface area contributed by atoms with Gasteiger partial charge in [-0.25, -0.2) is 4.39 Å². The van der Waals surface area contributed by atoms with Crippen molar-refractivity contribution in [3.05, 3.63) is 33.6 Å². The van der Waals surface area contributed by atoms with E-state index in [0.29, 0.717) is 22.5 Å². The highest BCUT2D eigenvalue weighted by Crippen LogP contribution is 2.34. The van der Waals surface area contributed by atoms with Gasteiger partial charge in [-0.05, 0) is 37.8 Å². The molecule has 1 fully saturated rings. The number of nitrogens with one attached hydrogen (secondary N) is 1. The molecule has 0 radical (unpaired) electrons. The fourth-order valence-electron chi connectivity index (χ4n) is 2.91. The van der Waals surface area contributed by atoms with Gasteiger partial charge < -0.3 is 5.32 Å². The predicted octanol–water partition coefficient (Wildman–Crippen LogP) is 5.36. The van der Waals surface area contributed by atoms with Gasteiger partial charge in [-0.1, -0.05) is 43.0 Å². The molecular formula is C15H20Cl2FN. The summed E-state index contributed by atoms with van der Waals surface area (Å²) in [5.74, 6) is 0.230. The van der Waals surface area contributed by atoms with Crippen LogP contribution in [0, 0.1) is 11.7 Å². The number of hydrogen-bond acceptors (Lipinski definition) is 1. The molecular weight excluding hydrogens is 284 g/mol. The van der Waals surface area contributed by atoms with E-state index in [2.05, 4.69) is 12.2 Å². The number of benzene rings is 1. The lowest BCUT2D eigenvalue weighted by Crippen LogP contribution is -2.38. The SMILES string of the molecule is CC(NC1CCCCC1C)c1c(Cl)ccc(F)c1Cl. The second kappa shape index (κ2) is 6.43. The van der Waals surface area contributed by atoms with Crippen LogP contribution in [0.1, 0.15) is 51.1 Å². The molecule has 1 aliphatic rings. The molecule has 0 amide bonds. The summed E-state index contributed by atoms with van der Waals surface area (Å²) in [4.78, 5) is 0. The van der Waals surface area contributed by atoms with Crippen molar-refractivity contribution in [1.82, 2.24) is 5.32 Å². The molecule has 0 aliphatic heterocycles. The first-order valence-electron chi connectivity index (χ1n) is 6.90. The maximum atomic E-state index is 13.6. The molecule has 106 valence electrons. The van der Waals surface area contributed by atoms with Crippen molar-refractivity contribution < 1.29 is 4.39 Å². The highest BCUT2D eigenvalue weighted by molar-refractivity contribution is 6.36. The molecule has 0 aromatic heterocycles. The van der Waals surface area contributed by atoms with Crippen LogP contribution in [0.25, 0.3) is 0 Å². The molecule has 1 N–H and O–H groups in total. The zero-order valence-corrected chi connectivity index (χ0v) is 12.9. The Morgan fingerprint density at radius 3 is 2.63 bits per heavy atom. The Morgan fingerprint density at radius 1 is 1.26 bits per heavy atom. The van der Waals surface area contributed by atoms with Gasteiger partial charge in [0.2, 0.25) is 0 Å². The van der Waals surface area contributed by atoms with Gasteiger partial charge in [-0.15, -0.1) is 0 Å². The molecule has 0 spiro atoms. The smallest absolute Gasteiger partial charge is 0.142 e. The summed E-state index contributed by atoms with van der Waals surface area (Å²) in [6.07, 6.45) is 4.96. The standard InChI is InChI=1S/C15H20Cl2FN/c1-9-5-3-4-6-13(9)19-10(2)14-11(16)7-8-12(18)15(14)17/h7-10,13,19H,3-6H2,1-2H3. The molecule has 1 aromatic carbocycles. The van der Waals surface area contributed by atoms with Gasteiger partial charge in [0.15, 0.2) is 0 Å². The van der Waals surface area contributed by atoms with E-state index >= 15 is 0 Å². The van der Waals surface area contributed by atoms with Crippen LogP contribution in [-0.4, -0.2) is 6.04 Å². The van der Waals surface area contributed by atoms with Crippen LogP contribution < -0.4 is 5.32 Å². The van der Waals surface area contributed by atoms with E-state index in [4.69, 9.17) is 23.2 Å². The molecule has 1 nitrogen and oxygen atoms in total. The molecule has 2 rings (SSSR count). The molecule has 1 aromatic rings. The lowest BCUT2D eigenvalue weighted by Gasteiger charge is -2.32. The maximum absolute atomic E-state index is 13.6. The van der Waals surface area contributed by atoms with Gasteiger partial charge in [0.05, 0.1) is 5.02 Å². The fourth-order valence-corrected chi connectivity index (χ4v) is 3.61. The fraction of sp³-hybridized carbons (Fsp3) is 0.600. The number of hydrogen-bond donors (Lipinski definition) is 1. The molecule has 0 bridgehead atoms. The Bertz CT molecular complexity index is 450. The van der Waals surface area contributed by atoms with E-state index in [1.54, 1.807) is 6.07 Å². The zero-order chi connectivity index (χ0) is 14.0. The van der Waals surface area contributed by atoms with Gasteiger partial charge in [-0.2, -0.15) is 0 Å². The first-order chi connectivity index (χ1) is 9.00. The monoisotopic (exact) mass is 303 g/mol. The predicted molar refractivity (Wildman–Crippen MR) is 79.4 cm³/mol. The summed E-state index contributed by atoms with van der Waals surface area (Å²) < 4.78 is 13.6. The summed E-state index contributed by atoms with van der Waals surface area (Å²) in [5, 5.41) is 4.22. The summed E-state index contributed by atoms with van der Waals surface area (Å²) in [5.41, 5.74) is 0.668. The van der Waals surface area contributed by atoms with Crippen LogP contribution >= 0.6 is 23.2 Å². The molecule has 3 atom stereocenters. The highest BCUT2D eigenvalue weighted by atomic mass is 35.5. The molecule has 1 aliphatic carbocycles. The Morgan fingerprint density at radius 2 is 1.95 bits per heavy atom. The van der Waals surface area contributed by atoms with Crippen molar-refractivity contribution in [2.75, 3.05) is 0 Å². The van der Waals surface area contributed by atoms with Crippen molar-refractivity contribution in [1.29, 1.82) is 0 Å². The Balaban J connectivity index is 2.15. The van der Waals surface area contributed by atoms with Crippen LogP contribution in [0.3, 0.4) is 0 Å². The van der Waals surface area contributed by atoms with Crippen molar-refractivity contribution >= 4 is 23.2 Å². The first-order valence-corrected chi connectivity index (χ1v) is 7.65. The third-order valence-electron chi connectivity index (χ3n) is 4.09. The van der Waals surface area contributed by atoms with E-state index < -0.39 is 5.82 Å². The van der Waals surface area contributed by atoms with Crippen molar-refractivity contribution in [3.8, 4) is 0 Å². The van der Waals surface area contributed by atoms with Gasteiger partial charge in [0, 0.05) is 22.7 Å². The maximum Gasteiger partial charge on any atom is 0.142 e. The average Bonchev–Trinajstić information content (AvgIpc) is 2.37. The van der Waals surface area contributed by atoms with Gasteiger partial charge in [0.1, 0.15) is 5.82 Å². The van der Waals surface area contributed by atoms with Crippen molar-refractivity contribution in [3.63, 3.8) is 0 Å². The number of rotatable bonds is 3. The lowest BCUT2D eigenvalue weighted by atomic mass is 9.85. The molecule has 1 saturated carbocycles. The van der Waals surface area contributed by atoms with E-state index in [0.717, 1.165) is 6.42 Å². The topological polar surface area (TPSA) is 12.0 Å². The van der Waals surface area contributed by atoms with Crippen molar-refractivity contribution in [2.45, 2.75) is 51.6 Å². The molecule has 0 heterocycles. The van der Waals surface area contributed by atoms with Gasteiger partial charge >= 0.3 is 0 Å². The summed E-state index contributed by atoms with van der Waals surface area (Å²) >= 11 is 12.2. The highest BCUT2D eigenvalue weighted by Gasteiger charge is 2.25. The Labute approximate surface area is 124 Å². The summed E-state index contributed by atoms with van der Waals surface area (Å²) in [7, 11) is 0. The van der Waals surface area contributed by atoms with E-state index in [9.17, 15) is 4.39 Å². The van der Waals surface area contributed by atoms with Crippen LogP contribution in [0.2, 0.25) is 10.0 Å². The average molecular weight is 304 g/mol. The van der Waals surface area contributed by atoms with E-state index in [1.807, 2.05) is 6.92 Å². The first kappa shape index (κ1) is 15.1. The second-order valence-corrected chi connectivity index (χ2v) is 6.30. The van der Waals surface area contributed by atoms with Crippen LogP contribution in [0.15, 0.2) is 12.1 Å². The van der Waals surface area contributed by atoms with Gasteiger partial charge in [0.25, 0.3) is 0 Å². The van der Waals surface area contributed by atoms with Crippen LogP contribution in [-0.2, 0) is 0 Å². The Kier molecular flexibility index (Phi) is 5.10. The largest absolute Gasteiger partial charge is 0.307 e. The molecule has 19 heavy (non-hydrogen) atoms. The summed E-state index contributed by atoms with van der Waals surface area (Å²) in [6, 6.07) is 3.30. The third-order valence-corrected chi connectivity index (χ3v) is 4.80. The number of halogens is 3. The minimum atomic E-state index is -0.411. The minimum Gasteiger partial charge on any atom is -0.307 e. The molecule has 0 saturated heterocycles. The summed E-state index contributed by atoms with van der Waals surface area (Å²) in [6.45, 7) is 4.26. The van der Waals surface area contributed by atoms with Crippen molar-refractivity contribution in [2.24, 2.45) is 5.92 Å². The third kappa shape index (κ3) is 3.42. The zero-order valence-electron chi connectivity index (χ0n) is 11.3. The van der Waals surface area contributed by atoms with Crippen LogP contribution in [0.5, 0.6) is 0 Å².